The van der Waals surface area contributed by atoms with Crippen molar-refractivity contribution in [2.24, 2.45) is 0 Å². The van der Waals surface area contributed by atoms with Crippen LogP contribution in [0, 0.1) is 32.9 Å². The summed E-state index contributed by atoms with van der Waals surface area (Å²) in [5.41, 5.74) is 13.7. The molecule has 0 unspecified atom stereocenters. The van der Waals surface area contributed by atoms with Crippen LogP contribution < -0.4 is 4.74 Å². The van der Waals surface area contributed by atoms with Crippen molar-refractivity contribution in [2.75, 3.05) is 0 Å². The monoisotopic (exact) mass is 909 g/mol. The van der Waals surface area contributed by atoms with Gasteiger partial charge in [0.15, 0.2) is 0 Å². The van der Waals surface area contributed by atoms with Crippen molar-refractivity contribution >= 4 is 21.8 Å². The maximum Gasteiger partial charge on any atom is 2.00 e. The normalized spacial score (nSPS) is 12.3. The number of pyridine rings is 1. The number of hydrogen-bond acceptors (Lipinski definition) is 3. The van der Waals surface area contributed by atoms with E-state index < -0.39 is 0 Å². The van der Waals surface area contributed by atoms with E-state index in [9.17, 15) is 0 Å². The summed E-state index contributed by atoms with van der Waals surface area (Å²) in [4.78, 5) is 4.82. The van der Waals surface area contributed by atoms with Crippen molar-refractivity contribution in [3.63, 3.8) is 0 Å². The Labute approximate surface area is 342 Å². The van der Waals surface area contributed by atoms with Crippen LogP contribution in [0.15, 0.2) is 79.0 Å². The van der Waals surface area contributed by atoms with Crippen LogP contribution in [0.25, 0.3) is 44.4 Å². The van der Waals surface area contributed by atoms with Gasteiger partial charge in [0, 0.05) is 34.5 Å². The van der Waals surface area contributed by atoms with E-state index in [0.29, 0.717) is 17.4 Å². The number of benzene rings is 4. The van der Waals surface area contributed by atoms with Gasteiger partial charge in [0.25, 0.3) is 0 Å². The van der Waals surface area contributed by atoms with Crippen molar-refractivity contribution in [1.82, 2.24) is 19.3 Å². The molecule has 3 heterocycles. The minimum absolute atomic E-state index is 0. The molecule has 0 saturated carbocycles. The molecule has 0 spiro atoms. The minimum atomic E-state index is -0.0520. The zero-order chi connectivity index (χ0) is 38.9. The van der Waals surface area contributed by atoms with Crippen LogP contribution in [0.5, 0.6) is 11.5 Å². The molecule has 55 heavy (non-hydrogen) atoms. The maximum absolute atomic E-state index is 6.70. The third-order valence-electron chi connectivity index (χ3n) is 10.6. The predicted molar refractivity (Wildman–Crippen MR) is 225 cm³/mol. The van der Waals surface area contributed by atoms with E-state index in [0.717, 1.165) is 50.3 Å². The fourth-order valence-corrected chi connectivity index (χ4v) is 7.74. The largest absolute Gasteiger partial charge is 2.00 e. The SMILES string of the molecule is Cc1cc(C(C)(C)C)c(-c2c(C)nn(-c3[c-]c(Oc4[c-]c5c(cc4)c4ccccc4n5-c4cc(C(C)C)ccn4)cc(C(C)C)c3)c2C)c(C(C)(C)C)c1.[Pt+2]. The van der Waals surface area contributed by atoms with Crippen LogP contribution >= 0.6 is 0 Å². The molecule has 0 N–H and O–H groups in total. The van der Waals surface area contributed by atoms with Gasteiger partial charge in [0.1, 0.15) is 5.82 Å². The van der Waals surface area contributed by atoms with Gasteiger partial charge < -0.3 is 9.30 Å². The Bertz CT molecular complexity index is 2500. The predicted octanol–water partition coefficient (Wildman–Crippen LogP) is 13.2. The molecule has 7 rings (SSSR count). The van der Waals surface area contributed by atoms with Crippen LogP contribution in [0.1, 0.15) is 120 Å². The zero-order valence-electron chi connectivity index (χ0n) is 34.7. The summed E-state index contributed by atoms with van der Waals surface area (Å²) in [6.07, 6.45) is 1.90. The molecule has 5 nitrogen and oxygen atoms in total. The van der Waals surface area contributed by atoms with Gasteiger partial charge in [0.05, 0.1) is 5.69 Å². The van der Waals surface area contributed by atoms with Crippen LogP contribution in [-0.4, -0.2) is 19.3 Å². The smallest absolute Gasteiger partial charge is 0.509 e. The molecule has 0 fully saturated rings. The summed E-state index contributed by atoms with van der Waals surface area (Å²) >= 11 is 0. The maximum atomic E-state index is 6.70. The van der Waals surface area contributed by atoms with E-state index in [1.807, 2.05) is 12.3 Å². The third-order valence-corrected chi connectivity index (χ3v) is 10.6. The summed E-state index contributed by atoms with van der Waals surface area (Å²) < 4.78 is 11.0. The van der Waals surface area contributed by atoms with Gasteiger partial charge in [-0.3, -0.25) is 4.68 Å². The molecule has 0 saturated heterocycles. The fraction of sp³-hybridized carbons (Fsp3) is 0.347. The Kier molecular flexibility index (Phi) is 10.9. The second kappa shape index (κ2) is 14.9. The zero-order valence-corrected chi connectivity index (χ0v) is 36.9. The first-order valence-corrected chi connectivity index (χ1v) is 19.3. The van der Waals surface area contributed by atoms with Crippen LogP contribution in [0.4, 0.5) is 0 Å². The number of nitrogens with zero attached hydrogens (tertiary/aromatic N) is 4. The van der Waals surface area contributed by atoms with Crippen molar-refractivity contribution < 1.29 is 25.8 Å². The van der Waals surface area contributed by atoms with Gasteiger partial charge in [-0.15, -0.1) is 41.3 Å². The molecule has 0 aliphatic heterocycles. The molecular formula is C49H54N4OPt. The molecule has 0 radical (unpaired) electrons. The first-order chi connectivity index (χ1) is 25.4. The molecule has 0 amide bonds. The molecule has 3 aromatic heterocycles. The quantitative estimate of drug-likeness (QED) is 0.150. The second-order valence-electron chi connectivity index (χ2n) is 17.7. The van der Waals surface area contributed by atoms with Gasteiger partial charge >= 0.3 is 21.1 Å². The minimum Gasteiger partial charge on any atom is -0.509 e. The summed E-state index contributed by atoms with van der Waals surface area (Å²) in [5.74, 6) is 2.77. The Balaban J connectivity index is 0.00000514. The number of para-hydroxylation sites is 1. The molecule has 0 aliphatic rings. The van der Waals surface area contributed by atoms with Gasteiger partial charge in [0.2, 0.25) is 0 Å². The molecule has 0 bridgehead atoms. The van der Waals surface area contributed by atoms with E-state index >= 15 is 0 Å². The summed E-state index contributed by atoms with van der Waals surface area (Å²) in [7, 11) is 0. The van der Waals surface area contributed by atoms with Crippen LogP contribution in [-0.2, 0) is 31.9 Å². The molecule has 286 valence electrons. The van der Waals surface area contributed by atoms with Gasteiger partial charge in [-0.25, -0.2) is 4.98 Å². The van der Waals surface area contributed by atoms with Crippen molar-refractivity contribution in [1.29, 1.82) is 0 Å². The molecule has 7 aromatic rings. The molecule has 4 aromatic carbocycles. The van der Waals surface area contributed by atoms with E-state index in [1.54, 1.807) is 0 Å². The Morgan fingerprint density at radius 3 is 1.96 bits per heavy atom. The van der Waals surface area contributed by atoms with E-state index in [4.69, 9.17) is 14.8 Å². The number of aromatic nitrogens is 4. The standard InChI is InChI=1S/C49H54N4O.Pt/c1-29(2)34-20-21-50-45(26-34)52-43-17-15-14-16-39(43)40-19-18-37(28-44(40)52)54-38-25-35(30(3)4)24-36(27-38)53-33(7)46(32(6)51-53)47-41(48(8,9)10)22-31(5)23-42(47)49(11,12)13;/h14-26,29-30H,1-13H3;/q-2;+2. The summed E-state index contributed by atoms with van der Waals surface area (Å²) in [6, 6.07) is 33.2. The van der Waals surface area contributed by atoms with E-state index in [2.05, 4.69) is 178 Å². The first kappa shape index (κ1) is 40.2. The number of fused-ring (bicyclic) bond motifs is 3. The molecule has 6 heteroatoms. The molecule has 0 aliphatic carbocycles. The Morgan fingerprint density at radius 1 is 0.673 bits per heavy atom. The summed E-state index contributed by atoms with van der Waals surface area (Å²) in [6.45, 7) is 29.2. The number of aryl methyl sites for hydroxylation is 2. The fourth-order valence-electron chi connectivity index (χ4n) is 7.74. The average Bonchev–Trinajstić information content (AvgIpc) is 3.59. The topological polar surface area (TPSA) is 44.9 Å². The number of ether oxygens (including phenoxy) is 1. The van der Waals surface area contributed by atoms with E-state index in [1.165, 1.54) is 33.4 Å². The molecular weight excluding hydrogens is 856 g/mol. The Hall–Kier alpha value is -4.47. The van der Waals surface area contributed by atoms with Gasteiger partial charge in [-0.05, 0) is 95.0 Å². The van der Waals surface area contributed by atoms with Crippen molar-refractivity contribution in [3.8, 4) is 34.1 Å². The number of rotatable bonds is 7. The average molecular weight is 910 g/mol. The second-order valence-corrected chi connectivity index (χ2v) is 17.7. The van der Waals surface area contributed by atoms with Crippen LogP contribution in [0.2, 0.25) is 0 Å². The third kappa shape index (κ3) is 7.58. The first-order valence-electron chi connectivity index (χ1n) is 19.3. The van der Waals surface area contributed by atoms with Gasteiger partial charge in [-0.1, -0.05) is 111 Å². The van der Waals surface area contributed by atoms with Crippen molar-refractivity contribution in [2.45, 2.75) is 113 Å². The van der Waals surface area contributed by atoms with Crippen molar-refractivity contribution in [3.05, 3.63) is 130 Å². The molecule has 0 atom stereocenters. The van der Waals surface area contributed by atoms with Gasteiger partial charge in [-0.2, -0.15) is 11.2 Å². The Morgan fingerprint density at radius 2 is 1.33 bits per heavy atom. The van der Waals surface area contributed by atoms with E-state index in [-0.39, 0.29) is 37.8 Å². The number of hydrogen-bond donors (Lipinski definition) is 0. The van der Waals surface area contributed by atoms with Crippen LogP contribution in [0.3, 0.4) is 0 Å². The summed E-state index contributed by atoms with van der Waals surface area (Å²) in [5, 5.41) is 7.47.